The van der Waals surface area contributed by atoms with Crippen molar-refractivity contribution in [2.24, 2.45) is 0 Å². The summed E-state index contributed by atoms with van der Waals surface area (Å²) < 4.78 is 1.01. The molecule has 2 aromatic heterocycles. The van der Waals surface area contributed by atoms with E-state index in [1.807, 2.05) is 23.7 Å². The lowest BCUT2D eigenvalue weighted by Crippen LogP contribution is -1.71. The molecule has 0 bridgehead atoms. The Kier molecular flexibility index (Phi) is 1.79. The van der Waals surface area contributed by atoms with Gasteiger partial charge < -0.3 is 0 Å². The van der Waals surface area contributed by atoms with Crippen LogP contribution in [0.5, 0.6) is 0 Å². The van der Waals surface area contributed by atoms with Crippen molar-refractivity contribution in [3.63, 3.8) is 0 Å². The fraction of sp³-hybridized carbons (Fsp3) is 0. The van der Waals surface area contributed by atoms with Crippen LogP contribution in [-0.4, -0.2) is 10.2 Å². The molecule has 0 radical (unpaired) electrons. The summed E-state index contributed by atoms with van der Waals surface area (Å²) in [5, 5.41) is 8.93. The van der Waals surface area contributed by atoms with Crippen molar-refractivity contribution in [3.8, 4) is 10.6 Å². The summed E-state index contributed by atoms with van der Waals surface area (Å²) in [6, 6.07) is 4.06. The van der Waals surface area contributed by atoms with E-state index in [1.54, 1.807) is 11.3 Å². The van der Waals surface area contributed by atoms with Crippen molar-refractivity contribution in [1.29, 1.82) is 0 Å². The molecule has 2 rings (SSSR count). The molecule has 4 heteroatoms. The van der Waals surface area contributed by atoms with Crippen LogP contribution in [0.25, 0.3) is 10.6 Å². The maximum absolute atomic E-state index is 4.10. The highest BCUT2D eigenvalue weighted by atomic mass is 79.9. The molecule has 0 saturated carbocycles. The fourth-order valence-electron chi connectivity index (χ4n) is 0.861. The summed E-state index contributed by atoms with van der Waals surface area (Å²) in [7, 11) is 0. The van der Waals surface area contributed by atoms with Crippen molar-refractivity contribution in [2.45, 2.75) is 0 Å². The van der Waals surface area contributed by atoms with Gasteiger partial charge in [0.25, 0.3) is 0 Å². The largest absolute Gasteiger partial charge is 0.284 e. The average Bonchev–Trinajstić information content (AvgIpc) is 2.55. The van der Waals surface area contributed by atoms with Crippen LogP contribution in [0.1, 0.15) is 0 Å². The van der Waals surface area contributed by atoms with E-state index in [0.717, 1.165) is 10.2 Å². The minimum absolute atomic E-state index is 0.986. The second-order valence-electron chi connectivity index (χ2n) is 2.06. The summed E-state index contributed by atoms with van der Waals surface area (Å²) >= 11 is 5.08. The molecule has 11 heavy (non-hydrogen) atoms. The van der Waals surface area contributed by atoms with Crippen LogP contribution in [0.4, 0.5) is 0 Å². The van der Waals surface area contributed by atoms with E-state index in [2.05, 4.69) is 26.1 Å². The summed E-state index contributed by atoms with van der Waals surface area (Å²) in [4.78, 5) is 1.18. The maximum atomic E-state index is 4.10. The van der Waals surface area contributed by atoms with Gasteiger partial charge in [-0.3, -0.25) is 5.10 Å². The lowest BCUT2D eigenvalue weighted by atomic mass is 10.3. The Morgan fingerprint density at radius 3 is 3.00 bits per heavy atom. The third-order valence-corrected chi connectivity index (χ3v) is 2.83. The van der Waals surface area contributed by atoms with Crippen LogP contribution < -0.4 is 0 Å². The molecule has 0 aromatic carbocycles. The summed E-state index contributed by atoms with van der Waals surface area (Å²) in [5.74, 6) is 0. The number of rotatable bonds is 1. The van der Waals surface area contributed by atoms with Gasteiger partial charge >= 0.3 is 0 Å². The third kappa shape index (κ3) is 1.23. The molecule has 2 nitrogen and oxygen atoms in total. The predicted octanol–water partition coefficient (Wildman–Crippen LogP) is 2.90. The molecule has 0 atom stereocenters. The first kappa shape index (κ1) is 7.06. The molecular formula is C7H5BrN2S. The standard InChI is InChI=1S/C7H5BrN2S/c8-5-4-9-10-7(5)6-2-1-3-11-6/h1-4H,(H,9,10). The molecule has 0 aliphatic carbocycles. The summed E-state index contributed by atoms with van der Waals surface area (Å²) in [6.45, 7) is 0. The number of aromatic amines is 1. The third-order valence-electron chi connectivity index (χ3n) is 1.35. The Hall–Kier alpha value is -0.610. The van der Waals surface area contributed by atoms with Gasteiger partial charge in [-0.2, -0.15) is 5.10 Å². The molecule has 0 fully saturated rings. The molecule has 56 valence electrons. The molecule has 0 amide bonds. The van der Waals surface area contributed by atoms with Gasteiger partial charge in [-0.25, -0.2) is 0 Å². The topological polar surface area (TPSA) is 28.7 Å². The van der Waals surface area contributed by atoms with E-state index in [0.29, 0.717) is 0 Å². The van der Waals surface area contributed by atoms with Crippen molar-refractivity contribution < 1.29 is 0 Å². The smallest absolute Gasteiger partial charge is 0.116 e. The maximum Gasteiger partial charge on any atom is 0.116 e. The van der Waals surface area contributed by atoms with Crippen molar-refractivity contribution in [2.75, 3.05) is 0 Å². The molecule has 0 aliphatic rings. The number of H-pyrrole nitrogens is 1. The molecule has 0 saturated heterocycles. The van der Waals surface area contributed by atoms with Crippen molar-refractivity contribution in [1.82, 2.24) is 10.2 Å². The summed E-state index contributed by atoms with van der Waals surface area (Å²) in [6.07, 6.45) is 1.83. The highest BCUT2D eigenvalue weighted by Crippen LogP contribution is 2.28. The van der Waals surface area contributed by atoms with Crippen LogP contribution in [0.2, 0.25) is 0 Å². The molecule has 0 aliphatic heterocycles. The van der Waals surface area contributed by atoms with Gasteiger partial charge in [-0.05, 0) is 27.4 Å². The van der Waals surface area contributed by atoms with Crippen LogP contribution in [0.3, 0.4) is 0 Å². The van der Waals surface area contributed by atoms with Crippen LogP contribution in [0.15, 0.2) is 28.2 Å². The van der Waals surface area contributed by atoms with Gasteiger partial charge in [0.05, 0.1) is 9.35 Å². The molecular weight excluding hydrogens is 224 g/mol. The fourth-order valence-corrected chi connectivity index (χ4v) is 2.13. The zero-order valence-electron chi connectivity index (χ0n) is 5.54. The number of hydrogen-bond donors (Lipinski definition) is 1. The highest BCUT2D eigenvalue weighted by Gasteiger charge is 2.05. The number of nitrogens with one attached hydrogen (secondary N) is 1. The quantitative estimate of drug-likeness (QED) is 0.800. The second-order valence-corrected chi connectivity index (χ2v) is 3.86. The highest BCUT2D eigenvalue weighted by molar-refractivity contribution is 9.10. The van der Waals surface area contributed by atoms with Crippen molar-refractivity contribution >= 4 is 27.3 Å². The number of hydrogen-bond acceptors (Lipinski definition) is 2. The van der Waals surface area contributed by atoms with E-state index in [-0.39, 0.29) is 0 Å². The molecule has 2 heterocycles. The predicted molar refractivity (Wildman–Crippen MR) is 49.6 cm³/mol. The first-order chi connectivity index (χ1) is 5.38. The number of aromatic nitrogens is 2. The van der Waals surface area contributed by atoms with Gasteiger partial charge in [0.1, 0.15) is 5.69 Å². The molecule has 0 unspecified atom stereocenters. The van der Waals surface area contributed by atoms with Gasteiger partial charge in [0, 0.05) is 6.20 Å². The summed E-state index contributed by atoms with van der Waals surface area (Å²) in [5.41, 5.74) is 0.986. The van der Waals surface area contributed by atoms with E-state index in [1.165, 1.54) is 4.88 Å². The van der Waals surface area contributed by atoms with E-state index >= 15 is 0 Å². The molecule has 2 aromatic rings. The minimum Gasteiger partial charge on any atom is -0.284 e. The lowest BCUT2D eigenvalue weighted by molar-refractivity contribution is 1.10. The van der Waals surface area contributed by atoms with Crippen LogP contribution >= 0.6 is 27.3 Å². The SMILES string of the molecule is Brc1c[nH]nc1-c1cccs1. The Morgan fingerprint density at radius 1 is 1.55 bits per heavy atom. The Bertz CT molecular complexity index is 339. The number of halogens is 1. The van der Waals surface area contributed by atoms with Crippen LogP contribution in [-0.2, 0) is 0 Å². The lowest BCUT2D eigenvalue weighted by Gasteiger charge is -1.87. The normalized spacial score (nSPS) is 10.3. The molecule has 1 N–H and O–H groups in total. The Balaban J connectivity index is 2.53. The Morgan fingerprint density at radius 2 is 2.45 bits per heavy atom. The average molecular weight is 229 g/mol. The number of nitrogens with zero attached hydrogens (tertiary/aromatic N) is 1. The van der Waals surface area contributed by atoms with Gasteiger partial charge in [-0.1, -0.05) is 6.07 Å². The number of thiophene rings is 1. The Labute approximate surface area is 76.4 Å². The van der Waals surface area contributed by atoms with Gasteiger partial charge in [0.15, 0.2) is 0 Å². The molecule has 0 spiro atoms. The van der Waals surface area contributed by atoms with E-state index in [4.69, 9.17) is 0 Å². The van der Waals surface area contributed by atoms with Crippen molar-refractivity contribution in [3.05, 3.63) is 28.2 Å². The van der Waals surface area contributed by atoms with E-state index in [9.17, 15) is 0 Å². The second kappa shape index (κ2) is 2.79. The first-order valence-electron chi connectivity index (χ1n) is 3.11. The zero-order chi connectivity index (χ0) is 7.68. The van der Waals surface area contributed by atoms with Gasteiger partial charge in [-0.15, -0.1) is 11.3 Å². The zero-order valence-corrected chi connectivity index (χ0v) is 7.95. The minimum atomic E-state index is 0.986. The van der Waals surface area contributed by atoms with Crippen LogP contribution in [0, 0.1) is 0 Å². The first-order valence-corrected chi connectivity index (χ1v) is 4.78. The monoisotopic (exact) mass is 228 g/mol. The van der Waals surface area contributed by atoms with Gasteiger partial charge in [0.2, 0.25) is 0 Å². The van der Waals surface area contributed by atoms with E-state index < -0.39 is 0 Å².